The molecule has 0 spiro atoms. The minimum atomic E-state index is -1.06. The number of benzene rings is 1. The zero-order chi connectivity index (χ0) is 19.6. The Labute approximate surface area is 169 Å². The smallest absolute Gasteiger partial charge is 0.137 e. The molecule has 1 aliphatic carbocycles. The lowest BCUT2D eigenvalue weighted by atomic mass is 9.80. The van der Waals surface area contributed by atoms with Crippen molar-refractivity contribution in [3.63, 3.8) is 0 Å². The minimum Gasteiger partial charge on any atom is -0.385 e. The van der Waals surface area contributed by atoms with Gasteiger partial charge in [0, 0.05) is 41.5 Å². The van der Waals surface area contributed by atoms with E-state index in [-0.39, 0.29) is 17.9 Å². The lowest BCUT2D eigenvalue weighted by Gasteiger charge is -2.44. The van der Waals surface area contributed by atoms with Gasteiger partial charge in [-0.2, -0.15) is 0 Å². The Morgan fingerprint density at radius 2 is 1.83 bits per heavy atom. The fraction of sp³-hybridized carbons (Fsp3) is 0.458. The molecule has 3 aliphatic rings. The molecule has 2 N–H and O–H groups in total. The second-order valence-corrected chi connectivity index (χ2v) is 9.17. The van der Waals surface area contributed by atoms with Crippen LogP contribution in [0.3, 0.4) is 0 Å². The van der Waals surface area contributed by atoms with E-state index >= 15 is 0 Å². The molecule has 4 heterocycles. The van der Waals surface area contributed by atoms with Gasteiger partial charge in [0.15, 0.2) is 0 Å². The largest absolute Gasteiger partial charge is 0.385 e. The lowest BCUT2D eigenvalue weighted by molar-refractivity contribution is -0.0615. The SMILES string of the molecule is OC1(c2ccccc2F)C[C@H]2CC[C@@H](C1)N2Cc1c(C2CC2)[nH]c2ncccc12. The Bertz CT molecular complexity index is 1060. The third kappa shape index (κ3) is 2.82. The first-order chi connectivity index (χ1) is 14.1. The zero-order valence-corrected chi connectivity index (χ0v) is 16.4. The summed E-state index contributed by atoms with van der Waals surface area (Å²) in [6, 6.07) is 11.5. The number of nitrogens with one attached hydrogen (secondary N) is 1. The number of rotatable bonds is 4. The molecule has 1 aromatic carbocycles. The summed E-state index contributed by atoms with van der Waals surface area (Å²) in [5.41, 5.74) is 3.12. The van der Waals surface area contributed by atoms with Crippen LogP contribution in [0.5, 0.6) is 0 Å². The van der Waals surface area contributed by atoms with E-state index in [1.807, 2.05) is 18.3 Å². The van der Waals surface area contributed by atoms with Crippen LogP contribution in [-0.2, 0) is 12.1 Å². The molecule has 6 rings (SSSR count). The van der Waals surface area contributed by atoms with Gasteiger partial charge in [-0.25, -0.2) is 9.37 Å². The average molecular weight is 391 g/mol. The number of aromatic amines is 1. The van der Waals surface area contributed by atoms with E-state index in [9.17, 15) is 9.50 Å². The highest BCUT2D eigenvalue weighted by molar-refractivity contribution is 5.81. The van der Waals surface area contributed by atoms with Crippen LogP contribution in [0.1, 0.15) is 61.3 Å². The third-order valence-corrected chi connectivity index (χ3v) is 7.33. The van der Waals surface area contributed by atoms with Crippen molar-refractivity contribution < 1.29 is 9.50 Å². The number of pyridine rings is 1. The van der Waals surface area contributed by atoms with Gasteiger partial charge in [-0.15, -0.1) is 0 Å². The standard InChI is InChI=1S/C24H26FN3O/c25-21-6-2-1-5-20(21)24(29)12-16-9-10-17(13-24)28(16)14-19-18-4-3-11-26-23(18)27-22(19)15-7-8-15/h1-6,11,15-17,29H,7-10,12-14H2,(H,26,27)/t16-,17+,24?. The van der Waals surface area contributed by atoms with Gasteiger partial charge < -0.3 is 10.1 Å². The van der Waals surface area contributed by atoms with Gasteiger partial charge in [-0.3, -0.25) is 4.90 Å². The number of halogens is 1. The Morgan fingerprint density at radius 1 is 1.07 bits per heavy atom. The molecular weight excluding hydrogens is 365 g/mol. The highest BCUT2D eigenvalue weighted by atomic mass is 19.1. The minimum absolute atomic E-state index is 0.284. The molecule has 0 amide bonds. The topological polar surface area (TPSA) is 52.1 Å². The average Bonchev–Trinajstić information content (AvgIpc) is 3.45. The van der Waals surface area contributed by atoms with Crippen molar-refractivity contribution in [3.05, 3.63) is 65.2 Å². The van der Waals surface area contributed by atoms with E-state index in [2.05, 4.69) is 20.9 Å². The van der Waals surface area contributed by atoms with Crippen LogP contribution in [0, 0.1) is 5.82 Å². The molecule has 150 valence electrons. The fourth-order valence-corrected chi connectivity index (χ4v) is 5.80. The van der Waals surface area contributed by atoms with E-state index < -0.39 is 5.60 Å². The molecule has 3 fully saturated rings. The summed E-state index contributed by atoms with van der Waals surface area (Å²) in [7, 11) is 0. The Balaban J connectivity index is 1.32. The number of aliphatic hydroxyl groups is 1. The number of H-pyrrole nitrogens is 1. The van der Waals surface area contributed by atoms with Crippen LogP contribution in [0.2, 0.25) is 0 Å². The van der Waals surface area contributed by atoms with Crippen LogP contribution >= 0.6 is 0 Å². The Kier molecular flexibility index (Phi) is 3.87. The number of hydrogen-bond acceptors (Lipinski definition) is 3. The van der Waals surface area contributed by atoms with Gasteiger partial charge in [-0.05, 0) is 68.2 Å². The summed E-state index contributed by atoms with van der Waals surface area (Å²) >= 11 is 0. The summed E-state index contributed by atoms with van der Waals surface area (Å²) in [6.45, 7) is 0.889. The predicted molar refractivity (Wildman–Crippen MR) is 110 cm³/mol. The predicted octanol–water partition coefficient (Wildman–Crippen LogP) is 4.59. The van der Waals surface area contributed by atoms with E-state index in [4.69, 9.17) is 0 Å². The summed E-state index contributed by atoms with van der Waals surface area (Å²) in [4.78, 5) is 10.7. The number of aromatic nitrogens is 2. The van der Waals surface area contributed by atoms with Crippen molar-refractivity contribution >= 4 is 11.0 Å². The lowest BCUT2D eigenvalue weighted by Crippen LogP contribution is -2.49. The fourth-order valence-electron chi connectivity index (χ4n) is 5.80. The molecule has 2 aromatic heterocycles. The highest BCUT2D eigenvalue weighted by Gasteiger charge is 2.49. The molecule has 0 radical (unpaired) electrons. The first-order valence-electron chi connectivity index (χ1n) is 10.8. The number of fused-ring (bicyclic) bond motifs is 3. The van der Waals surface area contributed by atoms with Gasteiger partial charge in [0.25, 0.3) is 0 Å². The third-order valence-electron chi connectivity index (χ3n) is 7.33. The summed E-state index contributed by atoms with van der Waals surface area (Å²) in [6.07, 6.45) is 7.69. The first-order valence-corrected chi connectivity index (χ1v) is 10.8. The zero-order valence-electron chi connectivity index (χ0n) is 16.4. The second-order valence-electron chi connectivity index (χ2n) is 9.17. The summed E-state index contributed by atoms with van der Waals surface area (Å²) in [5, 5.41) is 12.6. The van der Waals surface area contributed by atoms with Gasteiger partial charge in [0.1, 0.15) is 11.5 Å². The van der Waals surface area contributed by atoms with E-state index in [0.717, 1.165) is 25.0 Å². The Hall–Kier alpha value is -2.24. The van der Waals surface area contributed by atoms with E-state index in [0.29, 0.717) is 24.3 Å². The summed E-state index contributed by atoms with van der Waals surface area (Å²) in [5.74, 6) is 0.346. The molecule has 29 heavy (non-hydrogen) atoms. The van der Waals surface area contributed by atoms with Crippen LogP contribution < -0.4 is 0 Å². The maximum atomic E-state index is 14.4. The molecule has 4 nitrogen and oxygen atoms in total. The van der Waals surface area contributed by atoms with E-state index in [1.54, 1.807) is 12.1 Å². The van der Waals surface area contributed by atoms with Crippen molar-refractivity contribution in [1.29, 1.82) is 0 Å². The first kappa shape index (κ1) is 17.6. The van der Waals surface area contributed by atoms with Crippen molar-refractivity contribution in [2.45, 2.75) is 68.7 Å². The molecule has 1 unspecified atom stereocenters. The molecule has 2 aliphatic heterocycles. The van der Waals surface area contributed by atoms with Crippen LogP contribution in [0.4, 0.5) is 4.39 Å². The van der Waals surface area contributed by atoms with Crippen molar-refractivity contribution in [2.75, 3.05) is 0 Å². The van der Waals surface area contributed by atoms with Crippen molar-refractivity contribution in [1.82, 2.24) is 14.9 Å². The number of piperidine rings is 1. The van der Waals surface area contributed by atoms with Crippen LogP contribution in [0.15, 0.2) is 42.6 Å². The van der Waals surface area contributed by atoms with E-state index in [1.165, 1.54) is 35.6 Å². The normalized spacial score (nSPS) is 29.6. The van der Waals surface area contributed by atoms with Crippen LogP contribution in [0.25, 0.3) is 11.0 Å². The molecule has 2 saturated heterocycles. The maximum absolute atomic E-state index is 14.4. The number of hydrogen-bond donors (Lipinski definition) is 2. The molecule has 5 heteroatoms. The second kappa shape index (κ2) is 6.38. The highest BCUT2D eigenvalue weighted by Crippen LogP contribution is 2.48. The maximum Gasteiger partial charge on any atom is 0.137 e. The van der Waals surface area contributed by atoms with Gasteiger partial charge in [-0.1, -0.05) is 18.2 Å². The van der Waals surface area contributed by atoms with Gasteiger partial charge in [0.05, 0.1) is 5.60 Å². The van der Waals surface area contributed by atoms with Crippen molar-refractivity contribution in [3.8, 4) is 0 Å². The summed E-state index contributed by atoms with van der Waals surface area (Å²) < 4.78 is 14.4. The van der Waals surface area contributed by atoms with Crippen molar-refractivity contribution in [2.24, 2.45) is 0 Å². The van der Waals surface area contributed by atoms with Crippen LogP contribution in [-0.4, -0.2) is 32.1 Å². The monoisotopic (exact) mass is 391 g/mol. The molecule has 3 aromatic rings. The molecule has 2 bridgehead atoms. The molecule has 3 atom stereocenters. The molecular formula is C24H26FN3O. The molecule has 1 saturated carbocycles. The van der Waals surface area contributed by atoms with Gasteiger partial charge in [0.2, 0.25) is 0 Å². The quantitative estimate of drug-likeness (QED) is 0.684. The number of nitrogens with zero attached hydrogens (tertiary/aromatic N) is 2. The van der Waals surface area contributed by atoms with Gasteiger partial charge >= 0.3 is 0 Å². The Morgan fingerprint density at radius 3 is 2.55 bits per heavy atom.